The van der Waals surface area contributed by atoms with Crippen LogP contribution in [0.15, 0.2) is 48.5 Å². The number of anilines is 2. The van der Waals surface area contributed by atoms with Crippen LogP contribution in [0.4, 0.5) is 21.0 Å². The number of nitrogens with one attached hydrogen (secondary N) is 3. The average Bonchev–Trinajstić information content (AvgIpc) is 3.06. The zero-order valence-electron chi connectivity index (χ0n) is 16.2. The van der Waals surface area contributed by atoms with Gasteiger partial charge in [0, 0.05) is 49.0 Å². The van der Waals surface area contributed by atoms with Gasteiger partial charge in [0.15, 0.2) is 0 Å². The molecule has 8 nitrogen and oxygen atoms in total. The summed E-state index contributed by atoms with van der Waals surface area (Å²) >= 11 is 6.07. The summed E-state index contributed by atoms with van der Waals surface area (Å²) in [6.45, 7) is 2.71. The van der Waals surface area contributed by atoms with Gasteiger partial charge in [-0.25, -0.2) is 9.59 Å². The van der Waals surface area contributed by atoms with Gasteiger partial charge in [-0.3, -0.25) is 10.1 Å². The number of amides is 5. The Balaban J connectivity index is 1.28. The number of imide groups is 1. The molecule has 2 aliphatic heterocycles. The summed E-state index contributed by atoms with van der Waals surface area (Å²) in [5.41, 5.74) is 2.64. The molecular formula is C21H22ClN5O3. The van der Waals surface area contributed by atoms with Crippen LogP contribution in [-0.2, 0) is 11.2 Å². The van der Waals surface area contributed by atoms with Crippen LogP contribution in [0.2, 0.25) is 5.02 Å². The van der Waals surface area contributed by atoms with Crippen LogP contribution in [-0.4, -0.2) is 55.1 Å². The van der Waals surface area contributed by atoms with E-state index in [1.165, 1.54) is 0 Å². The van der Waals surface area contributed by atoms with Crippen molar-refractivity contribution in [3.8, 4) is 0 Å². The van der Waals surface area contributed by atoms with Gasteiger partial charge in [-0.15, -0.1) is 0 Å². The first kappa shape index (κ1) is 20.0. The molecule has 2 aromatic carbocycles. The second-order valence-corrected chi connectivity index (χ2v) is 7.74. The molecule has 0 saturated carbocycles. The van der Waals surface area contributed by atoms with E-state index < -0.39 is 12.1 Å². The molecule has 9 heteroatoms. The summed E-state index contributed by atoms with van der Waals surface area (Å²) in [6.07, 6.45) is 0.400. The fraction of sp³-hybridized carbons (Fsp3) is 0.286. The monoisotopic (exact) mass is 427 g/mol. The number of urea groups is 2. The minimum atomic E-state index is -0.561. The number of carbonyl (C=O) groups excluding carboxylic acids is 3. The predicted molar refractivity (Wildman–Crippen MR) is 115 cm³/mol. The van der Waals surface area contributed by atoms with Gasteiger partial charge in [-0.05, 0) is 35.9 Å². The highest BCUT2D eigenvalue weighted by atomic mass is 35.5. The van der Waals surface area contributed by atoms with Gasteiger partial charge in [0.2, 0.25) is 0 Å². The first-order valence-electron chi connectivity index (χ1n) is 9.75. The summed E-state index contributed by atoms with van der Waals surface area (Å²) in [5.74, 6) is -0.325. The van der Waals surface area contributed by atoms with E-state index in [0.717, 1.165) is 24.3 Å². The third-order valence-corrected chi connectivity index (χ3v) is 5.48. The molecule has 0 radical (unpaired) electrons. The molecule has 2 saturated heterocycles. The van der Waals surface area contributed by atoms with E-state index in [1.807, 2.05) is 36.4 Å². The van der Waals surface area contributed by atoms with E-state index in [0.29, 0.717) is 30.2 Å². The third-order valence-electron chi connectivity index (χ3n) is 5.24. The average molecular weight is 428 g/mol. The molecule has 2 aliphatic rings. The fourth-order valence-corrected chi connectivity index (χ4v) is 3.79. The van der Waals surface area contributed by atoms with Gasteiger partial charge in [-0.1, -0.05) is 29.8 Å². The lowest BCUT2D eigenvalue weighted by Crippen LogP contribution is -2.50. The van der Waals surface area contributed by atoms with E-state index in [1.54, 1.807) is 17.0 Å². The fourth-order valence-electron chi connectivity index (χ4n) is 3.61. The van der Waals surface area contributed by atoms with Crippen molar-refractivity contribution in [1.82, 2.24) is 15.5 Å². The van der Waals surface area contributed by atoms with Crippen molar-refractivity contribution in [3.63, 3.8) is 0 Å². The SMILES string of the molecule is O=C1NC(=O)[C@H](Cc2ccc(NC(=O)N3CCN(c4cccc(Cl)c4)CC3)cc2)N1. The maximum Gasteiger partial charge on any atom is 0.322 e. The van der Waals surface area contributed by atoms with Crippen molar-refractivity contribution < 1.29 is 14.4 Å². The van der Waals surface area contributed by atoms with Crippen molar-refractivity contribution in [1.29, 1.82) is 0 Å². The van der Waals surface area contributed by atoms with Crippen molar-refractivity contribution >= 4 is 40.9 Å². The van der Waals surface area contributed by atoms with Gasteiger partial charge in [0.1, 0.15) is 6.04 Å². The smallest absolute Gasteiger partial charge is 0.322 e. The molecule has 2 heterocycles. The number of rotatable bonds is 4. The Hall–Kier alpha value is -3.26. The molecule has 0 aliphatic carbocycles. The maximum atomic E-state index is 12.6. The van der Waals surface area contributed by atoms with E-state index in [2.05, 4.69) is 20.9 Å². The van der Waals surface area contributed by atoms with Crippen molar-refractivity contribution in [2.24, 2.45) is 0 Å². The van der Waals surface area contributed by atoms with Crippen LogP contribution in [0.5, 0.6) is 0 Å². The second kappa shape index (κ2) is 8.62. The Morgan fingerprint density at radius 3 is 2.43 bits per heavy atom. The van der Waals surface area contributed by atoms with Crippen LogP contribution in [0.1, 0.15) is 5.56 Å². The first-order chi connectivity index (χ1) is 14.5. The lowest BCUT2D eigenvalue weighted by atomic mass is 10.1. The minimum absolute atomic E-state index is 0.143. The molecule has 0 aromatic heterocycles. The number of nitrogens with zero attached hydrogens (tertiary/aromatic N) is 2. The standard InChI is InChI=1S/C21H22ClN5O3/c22-15-2-1-3-17(13-15)26-8-10-27(11-9-26)21(30)23-16-6-4-14(5-7-16)12-18-19(28)25-20(29)24-18/h1-7,13,18H,8-12H2,(H,23,30)(H2,24,25,28,29)/t18-/m0/s1. The largest absolute Gasteiger partial charge is 0.368 e. The van der Waals surface area contributed by atoms with E-state index in [4.69, 9.17) is 11.6 Å². The van der Waals surface area contributed by atoms with Gasteiger partial charge < -0.3 is 20.4 Å². The highest BCUT2D eigenvalue weighted by Gasteiger charge is 2.29. The molecule has 0 unspecified atom stereocenters. The molecule has 4 rings (SSSR count). The summed E-state index contributed by atoms with van der Waals surface area (Å²) < 4.78 is 0. The Kier molecular flexibility index (Phi) is 5.76. The van der Waals surface area contributed by atoms with E-state index in [9.17, 15) is 14.4 Å². The molecule has 1 atom stereocenters. The van der Waals surface area contributed by atoms with Crippen molar-refractivity contribution in [2.45, 2.75) is 12.5 Å². The molecule has 0 spiro atoms. The zero-order valence-corrected chi connectivity index (χ0v) is 17.0. The topological polar surface area (TPSA) is 93.8 Å². The molecule has 2 aromatic rings. The minimum Gasteiger partial charge on any atom is -0.368 e. The molecule has 2 fully saturated rings. The van der Waals surface area contributed by atoms with Crippen LogP contribution in [0, 0.1) is 0 Å². The maximum absolute atomic E-state index is 12.6. The normalized spacial score (nSPS) is 18.8. The summed E-state index contributed by atoms with van der Waals surface area (Å²) in [4.78, 5) is 39.4. The molecule has 3 N–H and O–H groups in total. The van der Waals surface area contributed by atoms with Gasteiger partial charge in [-0.2, -0.15) is 0 Å². The lowest BCUT2D eigenvalue weighted by molar-refractivity contribution is -0.120. The highest BCUT2D eigenvalue weighted by molar-refractivity contribution is 6.30. The Morgan fingerprint density at radius 2 is 1.80 bits per heavy atom. The summed E-state index contributed by atoms with van der Waals surface area (Å²) in [7, 11) is 0. The lowest BCUT2D eigenvalue weighted by Gasteiger charge is -2.36. The molecule has 156 valence electrons. The zero-order chi connectivity index (χ0) is 21.1. The van der Waals surface area contributed by atoms with Gasteiger partial charge >= 0.3 is 12.1 Å². The number of piperazine rings is 1. The predicted octanol–water partition coefficient (Wildman–Crippen LogP) is 2.44. The van der Waals surface area contributed by atoms with Crippen LogP contribution >= 0.6 is 11.6 Å². The number of benzene rings is 2. The summed E-state index contributed by atoms with van der Waals surface area (Å²) in [5, 5.41) is 8.40. The number of carbonyl (C=O) groups is 3. The first-order valence-corrected chi connectivity index (χ1v) is 10.1. The highest BCUT2D eigenvalue weighted by Crippen LogP contribution is 2.21. The van der Waals surface area contributed by atoms with E-state index >= 15 is 0 Å². The second-order valence-electron chi connectivity index (χ2n) is 7.30. The molecular weight excluding hydrogens is 406 g/mol. The van der Waals surface area contributed by atoms with Crippen LogP contribution < -0.4 is 20.9 Å². The number of hydrogen-bond acceptors (Lipinski definition) is 4. The van der Waals surface area contributed by atoms with Crippen molar-refractivity contribution in [3.05, 3.63) is 59.1 Å². The Labute approximate surface area is 179 Å². The Bertz CT molecular complexity index is 957. The molecule has 30 heavy (non-hydrogen) atoms. The van der Waals surface area contributed by atoms with E-state index in [-0.39, 0.29) is 11.9 Å². The Morgan fingerprint density at radius 1 is 1.07 bits per heavy atom. The van der Waals surface area contributed by atoms with Crippen LogP contribution in [0.3, 0.4) is 0 Å². The molecule has 5 amide bonds. The van der Waals surface area contributed by atoms with Gasteiger partial charge in [0.05, 0.1) is 0 Å². The third kappa shape index (κ3) is 4.65. The number of hydrogen-bond donors (Lipinski definition) is 3. The van der Waals surface area contributed by atoms with Gasteiger partial charge in [0.25, 0.3) is 5.91 Å². The summed E-state index contributed by atoms with van der Waals surface area (Å²) in [6, 6.07) is 13.8. The van der Waals surface area contributed by atoms with Crippen LogP contribution in [0.25, 0.3) is 0 Å². The molecule has 0 bridgehead atoms. The number of halogens is 1. The van der Waals surface area contributed by atoms with Crippen molar-refractivity contribution in [2.75, 3.05) is 36.4 Å². The quantitative estimate of drug-likeness (QED) is 0.653.